The molecule has 0 unspecified atom stereocenters. The minimum Gasteiger partial charge on any atom is -0.543 e. The summed E-state index contributed by atoms with van der Waals surface area (Å²) in [5.74, 6) is -7.67. The second kappa shape index (κ2) is 26.0. The fraction of sp³-hybridized carbons (Fsp3) is 0.789. The van der Waals surface area contributed by atoms with Crippen LogP contribution in [0, 0.1) is 0 Å². The molecule has 2 fully saturated rings. The summed E-state index contributed by atoms with van der Waals surface area (Å²) in [7, 11) is 0. The molecule has 0 aromatic rings. The highest BCUT2D eigenvalue weighted by Crippen LogP contribution is 2.13. The SMILES string of the molecule is CC(C)OC(=O)[C@@H](NC(=O)[C@H]1[NH2+]CC[C@@H]1OCC(=O)OC(C)(C)C)[C@@H](C)O.CC(C)OC(=O)[C@@H](NC(=O)[C@H]1[NH2+]CC[C@@H]1OCC(=O)OC(C)(C)C)[C@@H](C)O.O=C([O-])C(=O)[O-]. The van der Waals surface area contributed by atoms with E-state index in [1.807, 2.05) is 0 Å². The van der Waals surface area contributed by atoms with Crippen LogP contribution in [0.25, 0.3) is 0 Å². The maximum absolute atomic E-state index is 12.6. The lowest BCUT2D eigenvalue weighted by atomic mass is 10.1. The standard InChI is InChI=1S/2C18H32N2O7.C2H2O4/c2*1-10(2)26-17(24)14(11(3)21)20-16(23)15-12(7-8-19-15)25-9-13(22)27-18(4,5)6;3-1(4)2(5)6/h2*10-12,14-15,19,21H,7-9H2,1-6H3,(H,20,23);(H,3,4)(H,5,6)/t2*11-,12+,14+,15+;/m11./s1. The molecule has 2 saturated heterocycles. The molecule has 0 bridgehead atoms. The van der Waals surface area contributed by atoms with E-state index in [2.05, 4.69) is 10.6 Å². The van der Waals surface area contributed by atoms with E-state index in [9.17, 15) is 39.0 Å². The summed E-state index contributed by atoms with van der Waals surface area (Å²) in [6.07, 6.45) is -2.77. The van der Waals surface area contributed by atoms with Crippen LogP contribution >= 0.6 is 0 Å². The fourth-order valence-electron chi connectivity index (χ4n) is 5.42. The van der Waals surface area contributed by atoms with Gasteiger partial charge in [-0.25, -0.2) is 19.2 Å². The Kier molecular flexibility index (Phi) is 24.0. The van der Waals surface area contributed by atoms with Crippen molar-refractivity contribution >= 4 is 47.6 Å². The maximum atomic E-state index is 12.6. The number of nitrogens with two attached hydrogens (primary N) is 2. The fourth-order valence-corrected chi connectivity index (χ4v) is 5.42. The van der Waals surface area contributed by atoms with E-state index in [0.29, 0.717) is 25.9 Å². The zero-order chi connectivity index (χ0) is 46.7. The number of ether oxygens (including phenoxy) is 6. The molecular formula is C38H66N4O18. The van der Waals surface area contributed by atoms with Gasteiger partial charge < -0.3 is 79.7 Å². The lowest BCUT2D eigenvalue weighted by Gasteiger charge is -2.24. The minimum atomic E-state index is -2.19. The Hall–Kier alpha value is -4.48. The zero-order valence-electron chi connectivity index (χ0n) is 36.6. The highest BCUT2D eigenvalue weighted by atomic mass is 16.6. The van der Waals surface area contributed by atoms with Crippen LogP contribution in [-0.4, -0.2) is 156 Å². The lowest BCUT2D eigenvalue weighted by molar-refractivity contribution is -0.661. The second-order valence-corrected chi connectivity index (χ2v) is 16.5. The van der Waals surface area contributed by atoms with Crippen LogP contribution in [0.1, 0.15) is 95.9 Å². The predicted molar refractivity (Wildman–Crippen MR) is 201 cm³/mol. The summed E-state index contributed by atoms with van der Waals surface area (Å²) < 4.78 is 31.7. The number of quaternary nitrogens is 2. The van der Waals surface area contributed by atoms with Crippen molar-refractivity contribution in [2.45, 2.75) is 168 Å². The lowest BCUT2D eigenvalue weighted by Crippen LogP contribution is -2.91. The summed E-state index contributed by atoms with van der Waals surface area (Å²) in [6.45, 7) is 20.9. The van der Waals surface area contributed by atoms with E-state index in [0.717, 1.165) is 0 Å². The second-order valence-electron chi connectivity index (χ2n) is 16.5. The molecule has 0 spiro atoms. The van der Waals surface area contributed by atoms with Crippen LogP contribution in [0.3, 0.4) is 0 Å². The van der Waals surface area contributed by atoms with Gasteiger partial charge in [0, 0.05) is 12.8 Å². The van der Waals surface area contributed by atoms with Gasteiger partial charge in [-0.05, 0) is 83.1 Å². The monoisotopic (exact) mass is 866 g/mol. The number of carboxylic acids is 2. The number of carbonyl (C=O) groups is 8. The quantitative estimate of drug-likeness (QED) is 0.0478. The molecule has 2 rings (SSSR count). The number of aliphatic hydroxyl groups is 2. The average molecular weight is 867 g/mol. The highest BCUT2D eigenvalue weighted by Gasteiger charge is 2.42. The number of rotatable bonds is 16. The topological polar surface area (TPSA) is 336 Å². The molecule has 346 valence electrons. The molecule has 60 heavy (non-hydrogen) atoms. The molecule has 8 atom stereocenters. The van der Waals surface area contributed by atoms with Gasteiger partial charge in [0.2, 0.25) is 0 Å². The molecule has 0 aromatic heterocycles. The number of hydrogen-bond donors (Lipinski definition) is 6. The molecule has 0 aromatic carbocycles. The first-order chi connectivity index (χ1) is 27.4. The van der Waals surface area contributed by atoms with Crippen LogP contribution in [-0.2, 0) is 66.8 Å². The minimum absolute atomic E-state index is 0.255. The molecule has 2 aliphatic rings. The van der Waals surface area contributed by atoms with Crippen LogP contribution in [0.4, 0.5) is 0 Å². The smallest absolute Gasteiger partial charge is 0.332 e. The first-order valence-corrected chi connectivity index (χ1v) is 19.6. The average Bonchev–Trinajstić information content (AvgIpc) is 3.75. The van der Waals surface area contributed by atoms with Crippen molar-refractivity contribution in [1.82, 2.24) is 10.6 Å². The number of carbonyl (C=O) groups excluding carboxylic acids is 8. The van der Waals surface area contributed by atoms with Gasteiger partial charge >= 0.3 is 23.9 Å². The number of amides is 2. The van der Waals surface area contributed by atoms with Gasteiger partial charge in [0.1, 0.15) is 36.6 Å². The van der Waals surface area contributed by atoms with Crippen molar-refractivity contribution in [1.29, 1.82) is 0 Å². The summed E-state index contributed by atoms with van der Waals surface area (Å²) in [4.78, 5) is 90.8. The third-order valence-corrected chi connectivity index (χ3v) is 7.76. The number of aliphatic carboxylic acids is 2. The van der Waals surface area contributed by atoms with Crippen molar-refractivity contribution in [3.05, 3.63) is 0 Å². The Balaban J connectivity index is 0.00000102. The third kappa shape index (κ3) is 23.3. The Morgan fingerprint density at radius 2 is 0.900 bits per heavy atom. The summed E-state index contributed by atoms with van der Waals surface area (Å²) in [6, 6.07) is -3.58. The van der Waals surface area contributed by atoms with Gasteiger partial charge in [0.15, 0.2) is 24.2 Å². The number of hydrogen-bond acceptors (Lipinski definition) is 18. The third-order valence-electron chi connectivity index (χ3n) is 7.76. The van der Waals surface area contributed by atoms with Gasteiger partial charge in [-0.1, -0.05) is 0 Å². The largest absolute Gasteiger partial charge is 0.543 e. The molecule has 22 nitrogen and oxygen atoms in total. The van der Waals surface area contributed by atoms with Crippen molar-refractivity contribution in [2.75, 3.05) is 26.3 Å². The molecule has 0 aliphatic carbocycles. The van der Waals surface area contributed by atoms with Gasteiger partial charge in [0.25, 0.3) is 11.8 Å². The summed E-state index contributed by atoms with van der Waals surface area (Å²) >= 11 is 0. The number of nitrogens with one attached hydrogen (secondary N) is 2. The van der Waals surface area contributed by atoms with E-state index in [1.165, 1.54) is 13.8 Å². The van der Waals surface area contributed by atoms with Crippen LogP contribution in [0.2, 0.25) is 0 Å². The Morgan fingerprint density at radius 3 is 1.13 bits per heavy atom. The van der Waals surface area contributed by atoms with Crippen molar-refractivity contribution in [2.24, 2.45) is 0 Å². The van der Waals surface area contributed by atoms with Crippen molar-refractivity contribution in [3.63, 3.8) is 0 Å². The molecule has 0 saturated carbocycles. The van der Waals surface area contributed by atoms with E-state index >= 15 is 0 Å². The van der Waals surface area contributed by atoms with Crippen LogP contribution in [0.15, 0.2) is 0 Å². The van der Waals surface area contributed by atoms with Crippen molar-refractivity contribution in [3.8, 4) is 0 Å². The molecule has 8 N–H and O–H groups in total. The molecular weight excluding hydrogens is 800 g/mol. The first kappa shape index (κ1) is 55.5. The van der Waals surface area contributed by atoms with Gasteiger partial charge in [0.05, 0.1) is 49.4 Å². The van der Waals surface area contributed by atoms with Gasteiger partial charge in [-0.2, -0.15) is 0 Å². The van der Waals surface area contributed by atoms with Gasteiger partial charge in [-0.15, -0.1) is 0 Å². The number of esters is 4. The molecule has 2 aliphatic heterocycles. The number of carboxylic acid groups (broad SMARTS) is 2. The highest BCUT2D eigenvalue weighted by molar-refractivity contribution is 6.25. The Morgan fingerprint density at radius 1 is 0.600 bits per heavy atom. The van der Waals surface area contributed by atoms with Crippen LogP contribution < -0.4 is 31.5 Å². The van der Waals surface area contributed by atoms with Gasteiger partial charge in [-0.3, -0.25) is 9.59 Å². The zero-order valence-corrected chi connectivity index (χ0v) is 36.6. The Bertz CT molecular complexity index is 1330. The molecule has 2 amide bonds. The maximum Gasteiger partial charge on any atom is 0.332 e. The van der Waals surface area contributed by atoms with Crippen LogP contribution in [0.5, 0.6) is 0 Å². The van der Waals surface area contributed by atoms with E-state index < -0.39 is 107 Å². The summed E-state index contributed by atoms with van der Waals surface area (Å²) in [5, 5.41) is 46.1. The first-order valence-electron chi connectivity index (χ1n) is 19.6. The molecule has 2 heterocycles. The number of aliphatic hydroxyl groups excluding tert-OH is 2. The normalized spacial score (nSPS) is 20.7. The van der Waals surface area contributed by atoms with E-state index in [-0.39, 0.29) is 25.4 Å². The summed E-state index contributed by atoms with van der Waals surface area (Å²) in [5.41, 5.74) is -1.22. The predicted octanol–water partition coefficient (Wildman–Crippen LogP) is -5.78. The van der Waals surface area contributed by atoms with Crippen molar-refractivity contribution < 1.29 is 97.8 Å². The molecule has 22 heteroatoms. The molecule has 0 radical (unpaired) electrons. The van der Waals surface area contributed by atoms with E-state index in [4.69, 9.17) is 48.2 Å². The Labute approximate surface area is 350 Å². The van der Waals surface area contributed by atoms with E-state index in [1.54, 1.807) is 79.9 Å².